The van der Waals surface area contributed by atoms with E-state index in [4.69, 9.17) is 12.2 Å². The summed E-state index contributed by atoms with van der Waals surface area (Å²) in [4.78, 5) is 14.4. The second-order valence-corrected chi connectivity index (χ2v) is 8.48. The quantitative estimate of drug-likeness (QED) is 0.363. The molecular formula is C23H22FNO2S2. The van der Waals surface area contributed by atoms with E-state index < -0.39 is 0 Å². The number of carbonyl (C=O) groups is 1. The van der Waals surface area contributed by atoms with Crippen LogP contribution in [-0.4, -0.2) is 26.8 Å². The molecule has 1 heterocycles. The normalized spacial score (nSPS) is 15.4. The molecule has 1 aliphatic rings. The highest BCUT2D eigenvalue weighted by Gasteiger charge is 2.32. The van der Waals surface area contributed by atoms with Gasteiger partial charge in [-0.25, -0.2) is 4.39 Å². The zero-order valence-electron chi connectivity index (χ0n) is 16.2. The zero-order chi connectivity index (χ0) is 21.0. The van der Waals surface area contributed by atoms with E-state index >= 15 is 0 Å². The number of rotatable bonds is 7. The Morgan fingerprint density at radius 1 is 1.21 bits per heavy atom. The van der Waals surface area contributed by atoms with Crippen molar-refractivity contribution in [1.82, 2.24) is 4.90 Å². The van der Waals surface area contributed by atoms with E-state index in [1.165, 1.54) is 28.3 Å². The minimum Gasteiger partial charge on any atom is -0.511 e. The first kappa shape index (κ1) is 21.3. The van der Waals surface area contributed by atoms with Gasteiger partial charge in [-0.15, -0.1) is 0 Å². The first-order valence-corrected chi connectivity index (χ1v) is 10.6. The minimum atomic E-state index is -0.234. The highest BCUT2D eigenvalue weighted by Crippen LogP contribution is 2.33. The fourth-order valence-corrected chi connectivity index (χ4v) is 4.51. The maximum absolute atomic E-state index is 13.9. The van der Waals surface area contributed by atoms with Crippen molar-refractivity contribution in [3.05, 3.63) is 87.8 Å². The van der Waals surface area contributed by atoms with Crippen molar-refractivity contribution >= 4 is 40.3 Å². The van der Waals surface area contributed by atoms with Gasteiger partial charge >= 0.3 is 0 Å². The average molecular weight is 428 g/mol. The Bertz CT molecular complexity index is 1000. The summed E-state index contributed by atoms with van der Waals surface area (Å²) in [6, 6.07) is 12.9. The second-order valence-electron chi connectivity index (χ2n) is 6.81. The number of aliphatic hydroxyl groups is 1. The van der Waals surface area contributed by atoms with Crippen molar-refractivity contribution in [2.45, 2.75) is 26.2 Å². The summed E-state index contributed by atoms with van der Waals surface area (Å²) >= 11 is 6.46. The van der Waals surface area contributed by atoms with Crippen LogP contribution in [0, 0.1) is 5.82 Å². The SMILES string of the molecule is C=C(O)CN1C(=O)/C(=C/c2ccc(CC)c(CCc3ccccc3F)c2)SC1=S. The van der Waals surface area contributed by atoms with Crippen LogP contribution in [0.5, 0.6) is 0 Å². The number of thiocarbonyl (C=S) groups is 1. The molecule has 0 unspecified atom stereocenters. The van der Waals surface area contributed by atoms with E-state index in [1.54, 1.807) is 6.07 Å². The van der Waals surface area contributed by atoms with Gasteiger partial charge in [0.15, 0.2) is 0 Å². The van der Waals surface area contributed by atoms with E-state index in [1.807, 2.05) is 24.3 Å². The summed E-state index contributed by atoms with van der Waals surface area (Å²) in [7, 11) is 0. The predicted molar refractivity (Wildman–Crippen MR) is 121 cm³/mol. The van der Waals surface area contributed by atoms with E-state index in [0.717, 1.165) is 24.0 Å². The minimum absolute atomic E-state index is 0.00463. The molecule has 6 heteroatoms. The molecule has 3 nitrogen and oxygen atoms in total. The zero-order valence-corrected chi connectivity index (χ0v) is 17.8. The molecule has 1 amide bonds. The lowest BCUT2D eigenvalue weighted by molar-refractivity contribution is -0.122. The van der Waals surface area contributed by atoms with Crippen LogP contribution in [0.3, 0.4) is 0 Å². The number of nitrogens with zero attached hydrogens (tertiary/aromatic N) is 1. The number of halogens is 1. The average Bonchev–Trinajstić information content (AvgIpc) is 2.94. The molecule has 150 valence electrons. The monoisotopic (exact) mass is 427 g/mol. The van der Waals surface area contributed by atoms with E-state index in [9.17, 15) is 14.3 Å². The smallest absolute Gasteiger partial charge is 0.266 e. The molecule has 2 aromatic rings. The van der Waals surface area contributed by atoms with Crippen molar-refractivity contribution in [2.24, 2.45) is 0 Å². The molecule has 0 radical (unpaired) electrons. The van der Waals surface area contributed by atoms with Gasteiger partial charge in [0.25, 0.3) is 5.91 Å². The molecule has 3 rings (SSSR count). The van der Waals surface area contributed by atoms with Crippen molar-refractivity contribution in [1.29, 1.82) is 0 Å². The lowest BCUT2D eigenvalue weighted by atomic mass is 9.96. The summed E-state index contributed by atoms with van der Waals surface area (Å²) < 4.78 is 14.3. The Hall–Kier alpha value is -2.44. The Labute approximate surface area is 179 Å². The fourth-order valence-electron chi connectivity index (χ4n) is 3.25. The Morgan fingerprint density at radius 3 is 2.62 bits per heavy atom. The van der Waals surface area contributed by atoms with Crippen molar-refractivity contribution < 1.29 is 14.3 Å². The Kier molecular flexibility index (Phi) is 6.87. The standard InChI is InChI=1S/C23H22FNO2S2/c1-3-17-9-8-16(12-19(17)11-10-18-6-4-5-7-20(18)24)13-21-22(27)25(14-15(2)26)23(28)29-21/h4-9,12-13,26H,2-3,10-11,14H2,1H3/b21-13-. The van der Waals surface area contributed by atoms with E-state index in [-0.39, 0.29) is 24.0 Å². The largest absolute Gasteiger partial charge is 0.511 e. The van der Waals surface area contributed by atoms with Gasteiger partial charge < -0.3 is 5.11 Å². The molecular weight excluding hydrogens is 405 g/mol. The van der Waals surface area contributed by atoms with Crippen LogP contribution < -0.4 is 0 Å². The number of carbonyl (C=O) groups excluding carboxylic acids is 1. The molecule has 1 saturated heterocycles. The maximum Gasteiger partial charge on any atom is 0.266 e. The van der Waals surface area contributed by atoms with Crippen LogP contribution in [-0.2, 0) is 24.1 Å². The third kappa shape index (κ3) is 5.14. The predicted octanol–water partition coefficient (Wildman–Crippen LogP) is 5.45. The summed E-state index contributed by atoms with van der Waals surface area (Å²) in [6.07, 6.45) is 4.03. The molecule has 29 heavy (non-hydrogen) atoms. The van der Waals surface area contributed by atoms with Gasteiger partial charge in [0, 0.05) is 0 Å². The van der Waals surface area contributed by atoms with Crippen molar-refractivity contribution in [3.8, 4) is 0 Å². The molecule has 0 aromatic heterocycles. The highest BCUT2D eigenvalue weighted by molar-refractivity contribution is 8.26. The first-order valence-electron chi connectivity index (χ1n) is 9.36. The molecule has 0 aliphatic carbocycles. The molecule has 0 spiro atoms. The summed E-state index contributed by atoms with van der Waals surface area (Å²) in [5.41, 5.74) is 3.95. The van der Waals surface area contributed by atoms with E-state index in [0.29, 0.717) is 21.2 Å². The van der Waals surface area contributed by atoms with Gasteiger partial charge in [-0.1, -0.05) is 73.9 Å². The third-order valence-electron chi connectivity index (χ3n) is 4.74. The molecule has 0 atom stereocenters. The van der Waals surface area contributed by atoms with Gasteiger partial charge in [0.2, 0.25) is 0 Å². The Balaban J connectivity index is 1.82. The van der Waals surface area contributed by atoms with Gasteiger partial charge in [0.1, 0.15) is 15.9 Å². The maximum atomic E-state index is 13.9. The number of thioether (sulfide) groups is 1. The molecule has 1 aliphatic heterocycles. The highest BCUT2D eigenvalue weighted by atomic mass is 32.2. The molecule has 0 bridgehead atoms. The van der Waals surface area contributed by atoms with E-state index in [2.05, 4.69) is 25.6 Å². The van der Waals surface area contributed by atoms with Crippen LogP contribution in [0.1, 0.15) is 29.2 Å². The molecule has 0 saturated carbocycles. The second kappa shape index (κ2) is 9.37. The van der Waals surface area contributed by atoms with Crippen LogP contribution in [0.2, 0.25) is 0 Å². The van der Waals surface area contributed by atoms with Crippen molar-refractivity contribution in [3.63, 3.8) is 0 Å². The van der Waals surface area contributed by atoms with Crippen LogP contribution in [0.4, 0.5) is 4.39 Å². The molecule has 1 fully saturated rings. The number of aryl methyl sites for hydroxylation is 3. The number of amides is 1. The molecule has 1 N–H and O–H groups in total. The van der Waals surface area contributed by atoms with Gasteiger partial charge in [-0.3, -0.25) is 9.69 Å². The number of benzene rings is 2. The lowest BCUT2D eigenvalue weighted by Crippen LogP contribution is -2.29. The number of hydrogen-bond donors (Lipinski definition) is 1. The van der Waals surface area contributed by atoms with Gasteiger partial charge in [0.05, 0.1) is 11.4 Å². The van der Waals surface area contributed by atoms with Crippen LogP contribution in [0.25, 0.3) is 6.08 Å². The summed E-state index contributed by atoms with van der Waals surface area (Å²) in [6.45, 7) is 5.52. The Morgan fingerprint density at radius 2 is 1.93 bits per heavy atom. The number of aliphatic hydroxyl groups excluding tert-OH is 1. The first-order chi connectivity index (χ1) is 13.9. The van der Waals surface area contributed by atoms with Gasteiger partial charge in [-0.05, 0) is 53.7 Å². The third-order valence-corrected chi connectivity index (χ3v) is 6.12. The fraction of sp³-hybridized carbons (Fsp3) is 0.217. The van der Waals surface area contributed by atoms with Crippen molar-refractivity contribution in [2.75, 3.05) is 6.54 Å². The molecule has 2 aromatic carbocycles. The van der Waals surface area contributed by atoms with Gasteiger partial charge in [-0.2, -0.15) is 0 Å². The number of hydrogen-bond acceptors (Lipinski definition) is 4. The summed E-state index contributed by atoms with van der Waals surface area (Å²) in [5.74, 6) is -0.524. The lowest BCUT2D eigenvalue weighted by Gasteiger charge is -2.12. The van der Waals surface area contributed by atoms with Crippen LogP contribution >= 0.6 is 24.0 Å². The topological polar surface area (TPSA) is 40.5 Å². The van der Waals surface area contributed by atoms with Crippen LogP contribution in [0.15, 0.2) is 59.7 Å². The summed E-state index contributed by atoms with van der Waals surface area (Å²) in [5, 5.41) is 9.39.